The van der Waals surface area contributed by atoms with Gasteiger partial charge in [-0.2, -0.15) is 4.99 Å². The first kappa shape index (κ1) is 16.1. The third-order valence-corrected chi connectivity index (χ3v) is 4.32. The Morgan fingerprint density at radius 2 is 2.21 bits per heavy atom. The first-order chi connectivity index (χ1) is 8.74. The summed E-state index contributed by atoms with van der Waals surface area (Å²) in [6.45, 7) is 3.73. The zero-order valence-electron chi connectivity index (χ0n) is 11.5. The molecule has 0 unspecified atom stereocenters. The van der Waals surface area contributed by atoms with Gasteiger partial charge < -0.3 is 4.57 Å². The number of hydrogen-bond acceptors (Lipinski definition) is 4. The molecule has 1 N–H and O–H groups in total. The first-order valence-electron chi connectivity index (χ1n) is 5.90. The average molecular weight is 305 g/mol. The van der Waals surface area contributed by atoms with Crippen molar-refractivity contribution in [1.82, 2.24) is 9.29 Å². The van der Waals surface area contributed by atoms with E-state index < -0.39 is 22.0 Å². The van der Waals surface area contributed by atoms with E-state index in [1.807, 2.05) is 19.2 Å². The maximum absolute atomic E-state index is 12.1. The Hall–Kier alpha value is -0.990. The Kier molecular flexibility index (Phi) is 5.45. The number of aromatic nitrogens is 1. The third kappa shape index (κ3) is 4.88. The van der Waals surface area contributed by atoms with Crippen LogP contribution in [0.15, 0.2) is 16.6 Å². The number of nitrogens with one attached hydrogen (secondary N) is 1. The van der Waals surface area contributed by atoms with Crippen LogP contribution in [0.3, 0.4) is 0 Å². The maximum atomic E-state index is 12.1. The van der Waals surface area contributed by atoms with Crippen molar-refractivity contribution < 1.29 is 13.2 Å². The molecule has 0 bridgehead atoms. The summed E-state index contributed by atoms with van der Waals surface area (Å²) < 4.78 is 26.7. The van der Waals surface area contributed by atoms with Crippen molar-refractivity contribution in [3.63, 3.8) is 0 Å². The second-order valence-electron chi connectivity index (χ2n) is 4.50. The second kappa shape index (κ2) is 6.44. The number of sulfonamides is 1. The van der Waals surface area contributed by atoms with Gasteiger partial charge in [0.15, 0.2) is 4.80 Å². The molecule has 0 saturated carbocycles. The van der Waals surface area contributed by atoms with Crippen molar-refractivity contribution in [1.29, 1.82) is 0 Å². The zero-order valence-corrected chi connectivity index (χ0v) is 13.1. The van der Waals surface area contributed by atoms with Crippen LogP contribution in [0.4, 0.5) is 0 Å². The summed E-state index contributed by atoms with van der Waals surface area (Å²) in [7, 11) is -1.66. The molecule has 0 aliphatic rings. The molecule has 0 fully saturated rings. The smallest absolute Gasteiger partial charge is 0.266 e. The largest absolute Gasteiger partial charge is 0.327 e. The van der Waals surface area contributed by atoms with Gasteiger partial charge in [-0.15, -0.1) is 11.3 Å². The highest BCUT2D eigenvalue weighted by molar-refractivity contribution is 7.88. The molecule has 0 aromatic carbocycles. The van der Waals surface area contributed by atoms with Crippen LogP contribution in [0, 0.1) is 5.92 Å². The Morgan fingerprint density at radius 1 is 1.58 bits per heavy atom. The molecule has 8 heteroatoms. The molecular formula is C11H19N3O3S2. The zero-order chi connectivity index (χ0) is 14.6. The summed E-state index contributed by atoms with van der Waals surface area (Å²) >= 11 is 1.33. The van der Waals surface area contributed by atoms with Crippen molar-refractivity contribution in [3.8, 4) is 0 Å². The fourth-order valence-corrected chi connectivity index (χ4v) is 3.00. The van der Waals surface area contributed by atoms with Gasteiger partial charge >= 0.3 is 0 Å². The van der Waals surface area contributed by atoms with Gasteiger partial charge in [-0.05, 0) is 5.92 Å². The van der Waals surface area contributed by atoms with Crippen molar-refractivity contribution in [3.05, 3.63) is 16.4 Å². The molecule has 1 heterocycles. The van der Waals surface area contributed by atoms with Gasteiger partial charge in [0.2, 0.25) is 10.0 Å². The predicted molar refractivity (Wildman–Crippen MR) is 75.1 cm³/mol. The van der Waals surface area contributed by atoms with Gasteiger partial charge in [0.25, 0.3) is 5.91 Å². The molecular weight excluding hydrogens is 286 g/mol. The molecule has 2 atom stereocenters. The van der Waals surface area contributed by atoms with Crippen molar-refractivity contribution in [2.45, 2.75) is 26.3 Å². The summed E-state index contributed by atoms with van der Waals surface area (Å²) in [5, 5.41) is 1.81. The standard InChI is InChI=1S/C11H19N3O3S2/c1-5-8(2)9(13-19(4,16)17)10(15)12-11-14(3)6-7-18-11/h6-9,13H,5H2,1-4H3/t8-,9+/m1/s1. The highest BCUT2D eigenvalue weighted by atomic mass is 32.2. The Balaban J connectivity index is 3.06. The van der Waals surface area contributed by atoms with E-state index in [1.54, 1.807) is 17.8 Å². The lowest BCUT2D eigenvalue weighted by atomic mass is 10.00. The minimum atomic E-state index is -3.45. The Morgan fingerprint density at radius 3 is 2.63 bits per heavy atom. The van der Waals surface area contributed by atoms with E-state index in [2.05, 4.69) is 9.71 Å². The third-order valence-electron chi connectivity index (χ3n) is 2.79. The molecule has 0 aliphatic heterocycles. The molecule has 0 spiro atoms. The van der Waals surface area contributed by atoms with E-state index in [-0.39, 0.29) is 5.92 Å². The number of amides is 1. The normalized spacial score (nSPS) is 16.3. The van der Waals surface area contributed by atoms with Gasteiger partial charge in [0.1, 0.15) is 6.04 Å². The van der Waals surface area contributed by atoms with E-state index in [0.717, 1.165) is 6.26 Å². The number of rotatable bonds is 5. The number of carbonyl (C=O) groups excluding carboxylic acids is 1. The summed E-state index contributed by atoms with van der Waals surface area (Å²) in [6, 6.07) is -0.818. The van der Waals surface area contributed by atoms with Crippen LogP contribution in [0.25, 0.3) is 0 Å². The fraction of sp³-hybridized carbons (Fsp3) is 0.636. The number of carbonyl (C=O) groups is 1. The fourth-order valence-electron chi connectivity index (χ4n) is 1.47. The Labute approximate surface area is 117 Å². The first-order valence-corrected chi connectivity index (χ1v) is 8.67. The summed E-state index contributed by atoms with van der Waals surface area (Å²) in [5.74, 6) is -0.575. The highest BCUT2D eigenvalue weighted by Crippen LogP contribution is 2.10. The molecule has 19 heavy (non-hydrogen) atoms. The molecule has 108 valence electrons. The topological polar surface area (TPSA) is 80.5 Å². The van der Waals surface area contributed by atoms with E-state index >= 15 is 0 Å². The van der Waals surface area contributed by atoms with Gasteiger partial charge in [-0.1, -0.05) is 20.3 Å². The van der Waals surface area contributed by atoms with Gasteiger partial charge in [0.05, 0.1) is 6.26 Å². The van der Waals surface area contributed by atoms with Crippen molar-refractivity contribution >= 4 is 27.3 Å². The number of hydrogen-bond donors (Lipinski definition) is 1. The van der Waals surface area contributed by atoms with E-state index in [4.69, 9.17) is 0 Å². The lowest BCUT2D eigenvalue weighted by Crippen LogP contribution is -2.44. The van der Waals surface area contributed by atoms with E-state index in [1.165, 1.54) is 11.3 Å². The number of aryl methyl sites for hydroxylation is 1. The maximum Gasteiger partial charge on any atom is 0.266 e. The molecule has 0 saturated heterocycles. The number of thiazole rings is 1. The SMILES string of the molecule is CC[C@@H](C)[C@H](NS(C)(=O)=O)C(=O)N=c1sccn1C. The minimum Gasteiger partial charge on any atom is -0.327 e. The molecule has 6 nitrogen and oxygen atoms in total. The number of nitrogens with zero attached hydrogens (tertiary/aromatic N) is 2. The van der Waals surface area contributed by atoms with E-state index in [0.29, 0.717) is 11.2 Å². The quantitative estimate of drug-likeness (QED) is 0.859. The van der Waals surface area contributed by atoms with Gasteiger partial charge in [-0.3, -0.25) is 4.79 Å². The van der Waals surface area contributed by atoms with Crippen LogP contribution in [-0.2, 0) is 21.9 Å². The summed E-state index contributed by atoms with van der Waals surface area (Å²) in [6.07, 6.45) is 3.52. The monoisotopic (exact) mass is 305 g/mol. The predicted octanol–water partition coefficient (Wildman–Crippen LogP) is 0.478. The summed E-state index contributed by atoms with van der Waals surface area (Å²) in [5.41, 5.74) is 0. The van der Waals surface area contributed by atoms with Crippen LogP contribution in [-0.4, -0.2) is 31.2 Å². The van der Waals surface area contributed by atoms with Crippen LogP contribution >= 0.6 is 11.3 Å². The van der Waals surface area contributed by atoms with Crippen molar-refractivity contribution in [2.24, 2.45) is 18.0 Å². The van der Waals surface area contributed by atoms with Crippen LogP contribution in [0.2, 0.25) is 0 Å². The molecule has 0 aliphatic carbocycles. The molecule has 1 rings (SSSR count). The second-order valence-corrected chi connectivity index (χ2v) is 7.15. The van der Waals surface area contributed by atoms with E-state index in [9.17, 15) is 13.2 Å². The Bertz CT molecular complexity index is 601. The lowest BCUT2D eigenvalue weighted by molar-refractivity contribution is -0.120. The highest BCUT2D eigenvalue weighted by Gasteiger charge is 2.26. The van der Waals surface area contributed by atoms with Crippen LogP contribution in [0.1, 0.15) is 20.3 Å². The van der Waals surface area contributed by atoms with Gasteiger partial charge in [-0.25, -0.2) is 13.1 Å². The van der Waals surface area contributed by atoms with Crippen molar-refractivity contribution in [2.75, 3.05) is 6.26 Å². The molecule has 1 aromatic heterocycles. The molecule has 0 radical (unpaired) electrons. The summed E-state index contributed by atoms with van der Waals surface area (Å²) in [4.78, 5) is 16.7. The van der Waals surface area contributed by atoms with Crippen LogP contribution in [0.5, 0.6) is 0 Å². The average Bonchev–Trinajstić information content (AvgIpc) is 2.70. The molecule has 1 aromatic rings. The van der Waals surface area contributed by atoms with Crippen LogP contribution < -0.4 is 9.52 Å². The molecule has 1 amide bonds. The van der Waals surface area contributed by atoms with Gasteiger partial charge in [0, 0.05) is 18.6 Å². The lowest BCUT2D eigenvalue weighted by Gasteiger charge is -2.19. The minimum absolute atomic E-state index is 0.115.